The number of aliphatic hydroxyl groups is 1. The van der Waals surface area contributed by atoms with Gasteiger partial charge in [0.15, 0.2) is 0 Å². The number of rotatable bonds is 7. The third-order valence-corrected chi connectivity index (χ3v) is 2.05. The lowest BCUT2D eigenvalue weighted by atomic mass is 10.2. The Labute approximate surface area is 105 Å². The van der Waals surface area contributed by atoms with Crippen LogP contribution in [0.5, 0.6) is 0 Å². The van der Waals surface area contributed by atoms with Crippen LogP contribution in [0.3, 0.4) is 0 Å². The summed E-state index contributed by atoms with van der Waals surface area (Å²) in [6.07, 6.45) is 10.2. The lowest BCUT2D eigenvalue weighted by Gasteiger charge is -1.98. The van der Waals surface area contributed by atoms with Crippen LogP contribution >= 0.6 is 0 Å². The largest absolute Gasteiger partial charge is 0.446 e. The van der Waals surface area contributed by atoms with Crippen molar-refractivity contribution < 1.29 is 19.5 Å². The summed E-state index contributed by atoms with van der Waals surface area (Å²) in [6, 6.07) is 0. The normalized spacial score (nSPS) is 9.39. The number of hydrogen-bond acceptors (Lipinski definition) is 5. The molecule has 0 radical (unpaired) electrons. The summed E-state index contributed by atoms with van der Waals surface area (Å²) in [5, 5.41) is 8.56. The maximum absolute atomic E-state index is 11.1. The molecule has 0 spiro atoms. The van der Waals surface area contributed by atoms with Crippen LogP contribution < -0.4 is 4.84 Å². The fourth-order valence-corrected chi connectivity index (χ4v) is 1.19. The molecule has 1 N–H and O–H groups in total. The molecule has 0 aromatic carbocycles. The summed E-state index contributed by atoms with van der Waals surface area (Å²) >= 11 is 0. The highest BCUT2D eigenvalue weighted by Crippen LogP contribution is 1.98. The fourth-order valence-electron chi connectivity index (χ4n) is 1.19. The SMILES string of the molecule is O=C(C#COCCCCCCO)On1ccnc1. The summed E-state index contributed by atoms with van der Waals surface area (Å²) in [4.78, 5) is 19.6. The molecule has 1 heterocycles. The van der Waals surface area contributed by atoms with Crippen LogP contribution in [0.2, 0.25) is 0 Å². The number of imidazole rings is 1. The van der Waals surface area contributed by atoms with Gasteiger partial charge in [-0.3, -0.25) is 0 Å². The number of carbonyl (C=O) groups is 1. The minimum atomic E-state index is -0.701. The zero-order valence-corrected chi connectivity index (χ0v) is 10.0. The molecule has 0 amide bonds. The molecule has 0 saturated carbocycles. The van der Waals surface area contributed by atoms with Crippen LogP contribution in [0.15, 0.2) is 18.7 Å². The van der Waals surface area contributed by atoms with Gasteiger partial charge in [-0.05, 0) is 19.3 Å². The van der Waals surface area contributed by atoms with E-state index in [2.05, 4.69) is 17.0 Å². The number of aliphatic hydroxyl groups excluding tert-OH is 1. The molecule has 0 atom stereocenters. The number of carbonyl (C=O) groups excluding carboxylic acids is 1. The molecule has 98 valence electrons. The zero-order chi connectivity index (χ0) is 13.1. The van der Waals surface area contributed by atoms with E-state index >= 15 is 0 Å². The van der Waals surface area contributed by atoms with Gasteiger partial charge in [0.05, 0.1) is 12.1 Å². The van der Waals surface area contributed by atoms with Crippen molar-refractivity contribution in [1.29, 1.82) is 0 Å². The first-order valence-electron chi connectivity index (χ1n) is 5.77. The average molecular weight is 252 g/mol. The molecular weight excluding hydrogens is 236 g/mol. The molecule has 0 saturated heterocycles. The van der Waals surface area contributed by atoms with Gasteiger partial charge in [-0.2, -0.15) is 4.73 Å². The second kappa shape index (κ2) is 9.07. The van der Waals surface area contributed by atoms with Crippen molar-refractivity contribution in [3.63, 3.8) is 0 Å². The second-order valence-corrected chi connectivity index (χ2v) is 3.51. The third-order valence-electron chi connectivity index (χ3n) is 2.05. The summed E-state index contributed by atoms with van der Waals surface area (Å²) in [6.45, 7) is 0.692. The van der Waals surface area contributed by atoms with Gasteiger partial charge in [-0.25, -0.2) is 9.78 Å². The Hall–Kier alpha value is -2.00. The number of unbranched alkanes of at least 4 members (excludes halogenated alkanes) is 3. The van der Waals surface area contributed by atoms with Crippen molar-refractivity contribution in [1.82, 2.24) is 9.71 Å². The standard InChI is InChI=1S/C12H16N2O4/c15-8-3-1-2-4-9-17-10-5-12(16)18-14-7-6-13-11-14/h6-7,11,15H,1-4,8-9H2. The van der Waals surface area contributed by atoms with Crippen LogP contribution in [0, 0.1) is 12.0 Å². The Morgan fingerprint density at radius 1 is 1.33 bits per heavy atom. The van der Waals surface area contributed by atoms with Gasteiger partial charge in [-0.15, -0.1) is 0 Å². The number of ether oxygens (including phenoxy) is 1. The Bertz CT molecular complexity index is 392. The molecule has 0 aliphatic rings. The van der Waals surface area contributed by atoms with E-state index in [1.165, 1.54) is 18.7 Å². The Balaban J connectivity index is 2.04. The van der Waals surface area contributed by atoms with Gasteiger partial charge in [0.2, 0.25) is 0 Å². The van der Waals surface area contributed by atoms with Gasteiger partial charge in [-0.1, -0.05) is 6.42 Å². The van der Waals surface area contributed by atoms with Gasteiger partial charge in [0, 0.05) is 12.8 Å². The van der Waals surface area contributed by atoms with Crippen LogP contribution in [0.25, 0.3) is 0 Å². The average Bonchev–Trinajstić information content (AvgIpc) is 2.85. The van der Waals surface area contributed by atoms with E-state index in [0.29, 0.717) is 6.61 Å². The molecule has 0 aliphatic heterocycles. The van der Waals surface area contributed by atoms with Gasteiger partial charge in [0.1, 0.15) is 19.0 Å². The van der Waals surface area contributed by atoms with E-state index in [-0.39, 0.29) is 6.61 Å². The summed E-state index contributed by atoms with van der Waals surface area (Å²) in [5.74, 6) is 1.50. The third kappa shape index (κ3) is 6.55. The molecule has 1 aromatic rings. The topological polar surface area (TPSA) is 73.6 Å². The molecule has 18 heavy (non-hydrogen) atoms. The minimum Gasteiger partial charge on any atom is -0.446 e. The molecule has 6 heteroatoms. The second-order valence-electron chi connectivity index (χ2n) is 3.51. The first-order valence-corrected chi connectivity index (χ1v) is 5.77. The smallest absolute Gasteiger partial charge is 0.412 e. The summed E-state index contributed by atoms with van der Waals surface area (Å²) in [7, 11) is 0. The lowest BCUT2D eigenvalue weighted by Crippen LogP contribution is -2.16. The predicted molar refractivity (Wildman–Crippen MR) is 63.1 cm³/mol. The fraction of sp³-hybridized carbons (Fsp3) is 0.500. The highest BCUT2D eigenvalue weighted by atomic mass is 16.7. The van der Waals surface area contributed by atoms with Gasteiger partial charge >= 0.3 is 5.97 Å². The van der Waals surface area contributed by atoms with Crippen molar-refractivity contribution in [2.45, 2.75) is 25.7 Å². The number of nitrogens with zero attached hydrogens (tertiary/aromatic N) is 2. The van der Waals surface area contributed by atoms with Crippen molar-refractivity contribution >= 4 is 5.97 Å². The first-order chi connectivity index (χ1) is 8.83. The maximum atomic E-state index is 11.1. The molecule has 1 rings (SSSR count). The molecule has 1 aromatic heterocycles. The Morgan fingerprint density at radius 3 is 2.89 bits per heavy atom. The Morgan fingerprint density at radius 2 is 2.17 bits per heavy atom. The van der Waals surface area contributed by atoms with Crippen LogP contribution in [-0.4, -0.2) is 34.0 Å². The van der Waals surface area contributed by atoms with Crippen LogP contribution in [-0.2, 0) is 9.53 Å². The van der Waals surface area contributed by atoms with Crippen LogP contribution in [0.4, 0.5) is 0 Å². The monoisotopic (exact) mass is 252 g/mol. The number of aromatic nitrogens is 2. The van der Waals surface area contributed by atoms with E-state index in [1.54, 1.807) is 0 Å². The number of hydrogen-bond donors (Lipinski definition) is 1. The molecule has 0 aliphatic carbocycles. The highest BCUT2D eigenvalue weighted by Gasteiger charge is 1.98. The van der Waals surface area contributed by atoms with Crippen molar-refractivity contribution in [2.75, 3.05) is 13.2 Å². The summed E-state index contributed by atoms with van der Waals surface area (Å²) < 4.78 is 6.11. The van der Waals surface area contributed by atoms with E-state index in [9.17, 15) is 4.79 Å². The van der Waals surface area contributed by atoms with Crippen LogP contribution in [0.1, 0.15) is 25.7 Å². The predicted octanol–water partition coefficient (Wildman–Crippen LogP) is 0.368. The minimum absolute atomic E-state index is 0.223. The molecular formula is C12H16N2O4. The van der Waals surface area contributed by atoms with E-state index in [0.717, 1.165) is 30.4 Å². The molecule has 6 nitrogen and oxygen atoms in total. The van der Waals surface area contributed by atoms with E-state index in [1.807, 2.05) is 0 Å². The zero-order valence-electron chi connectivity index (χ0n) is 10.0. The molecule has 0 unspecified atom stereocenters. The molecule has 0 fully saturated rings. The van der Waals surface area contributed by atoms with E-state index < -0.39 is 5.97 Å². The van der Waals surface area contributed by atoms with Gasteiger partial charge in [0.25, 0.3) is 0 Å². The maximum Gasteiger partial charge on any atom is 0.412 e. The van der Waals surface area contributed by atoms with E-state index in [4.69, 9.17) is 14.7 Å². The first kappa shape index (κ1) is 14.1. The van der Waals surface area contributed by atoms with Gasteiger partial charge < -0.3 is 14.7 Å². The quantitative estimate of drug-likeness (QED) is 0.560. The van der Waals surface area contributed by atoms with Crippen molar-refractivity contribution in [2.24, 2.45) is 0 Å². The van der Waals surface area contributed by atoms with Crippen molar-refractivity contribution in [3.8, 4) is 12.0 Å². The molecule has 0 bridgehead atoms. The lowest BCUT2D eigenvalue weighted by molar-refractivity contribution is -0.137. The summed E-state index contributed by atoms with van der Waals surface area (Å²) in [5.41, 5.74) is 0. The van der Waals surface area contributed by atoms with Crippen molar-refractivity contribution in [3.05, 3.63) is 18.7 Å². The Kier molecular flexibility index (Phi) is 7.09. The highest BCUT2D eigenvalue weighted by molar-refractivity contribution is 5.88.